The van der Waals surface area contributed by atoms with Gasteiger partial charge in [0.2, 0.25) is 0 Å². The fourth-order valence-corrected chi connectivity index (χ4v) is 3.20. The molecule has 0 saturated carbocycles. The first-order valence-corrected chi connectivity index (χ1v) is 8.38. The maximum Gasteiger partial charge on any atom is 0.293 e. The quantitative estimate of drug-likeness (QED) is 0.453. The van der Waals surface area contributed by atoms with Crippen LogP contribution in [0.2, 0.25) is 0 Å². The third-order valence-electron chi connectivity index (χ3n) is 3.66. The second kappa shape index (κ2) is 6.94. The molecule has 6 heteroatoms. The Kier molecular flexibility index (Phi) is 4.72. The van der Waals surface area contributed by atoms with E-state index in [9.17, 15) is 14.4 Å². The van der Waals surface area contributed by atoms with Crippen LogP contribution >= 0.6 is 11.8 Å². The molecule has 1 aromatic heterocycles. The Morgan fingerprint density at radius 2 is 1.92 bits per heavy atom. The van der Waals surface area contributed by atoms with Crippen LogP contribution in [0.3, 0.4) is 0 Å². The Morgan fingerprint density at radius 3 is 2.56 bits per heavy atom. The van der Waals surface area contributed by atoms with Crippen molar-refractivity contribution in [1.29, 1.82) is 0 Å². The number of Topliss-reactive ketones (excluding diaryl/α,β-unsaturated/α-hetero) is 1. The molecule has 0 N–H and O–H groups in total. The highest BCUT2D eigenvalue weighted by Gasteiger charge is 2.34. The second-order valence-electron chi connectivity index (χ2n) is 5.42. The molecule has 3 rings (SSSR count). The first-order chi connectivity index (χ1) is 12.0. The molecule has 1 fully saturated rings. The van der Waals surface area contributed by atoms with Crippen LogP contribution in [0, 0.1) is 0 Å². The predicted molar refractivity (Wildman–Crippen MR) is 97.0 cm³/mol. The number of hydrogen-bond acceptors (Lipinski definition) is 5. The van der Waals surface area contributed by atoms with Gasteiger partial charge in [-0.05, 0) is 30.8 Å². The van der Waals surface area contributed by atoms with Crippen molar-refractivity contribution in [2.24, 2.45) is 0 Å². The standard InChI is InChI=1S/C19H15NO4S/c1-3-10-20-18(22)17(25-19(20)23)11-15-8-9-16(24-15)14-6-4-13(5-7-14)12(2)21/h3-9,11H,1,10H2,2H3/b17-11+. The van der Waals surface area contributed by atoms with Gasteiger partial charge in [0.05, 0.1) is 4.91 Å². The zero-order valence-corrected chi connectivity index (χ0v) is 14.3. The van der Waals surface area contributed by atoms with Crippen LogP contribution in [-0.2, 0) is 4.79 Å². The van der Waals surface area contributed by atoms with Gasteiger partial charge in [0.25, 0.3) is 11.1 Å². The van der Waals surface area contributed by atoms with Crippen LogP contribution in [0.25, 0.3) is 17.4 Å². The number of amides is 2. The molecule has 0 spiro atoms. The number of rotatable bonds is 5. The lowest BCUT2D eigenvalue weighted by Crippen LogP contribution is -2.27. The van der Waals surface area contributed by atoms with Crippen LogP contribution in [0.5, 0.6) is 0 Å². The summed E-state index contributed by atoms with van der Waals surface area (Å²) >= 11 is 0.880. The topological polar surface area (TPSA) is 67.6 Å². The summed E-state index contributed by atoms with van der Waals surface area (Å²) < 4.78 is 5.73. The Bertz CT molecular complexity index is 892. The Morgan fingerprint density at radius 1 is 1.20 bits per heavy atom. The smallest absolute Gasteiger partial charge is 0.293 e. The van der Waals surface area contributed by atoms with Gasteiger partial charge in [0.1, 0.15) is 11.5 Å². The highest BCUT2D eigenvalue weighted by atomic mass is 32.2. The number of carbonyl (C=O) groups is 3. The van der Waals surface area contributed by atoms with E-state index >= 15 is 0 Å². The van der Waals surface area contributed by atoms with Gasteiger partial charge in [0, 0.05) is 23.7 Å². The lowest BCUT2D eigenvalue weighted by atomic mass is 10.1. The first-order valence-electron chi connectivity index (χ1n) is 7.57. The van der Waals surface area contributed by atoms with Crippen molar-refractivity contribution in [1.82, 2.24) is 4.90 Å². The number of hydrogen-bond donors (Lipinski definition) is 0. The van der Waals surface area contributed by atoms with Gasteiger partial charge in [-0.2, -0.15) is 0 Å². The van der Waals surface area contributed by atoms with E-state index in [0.29, 0.717) is 22.0 Å². The molecule has 0 radical (unpaired) electrons. The molecule has 0 bridgehead atoms. The van der Waals surface area contributed by atoms with Gasteiger partial charge in [-0.25, -0.2) is 0 Å². The fraction of sp³-hybridized carbons (Fsp3) is 0.105. The molecule has 2 amide bonds. The minimum atomic E-state index is -0.348. The van der Waals surface area contributed by atoms with E-state index in [-0.39, 0.29) is 23.5 Å². The van der Waals surface area contributed by atoms with Gasteiger partial charge >= 0.3 is 0 Å². The summed E-state index contributed by atoms with van der Waals surface area (Å²) in [6, 6.07) is 10.6. The second-order valence-corrected chi connectivity index (χ2v) is 6.41. The third kappa shape index (κ3) is 3.49. The molecule has 0 unspecified atom stereocenters. The van der Waals surface area contributed by atoms with Crippen molar-refractivity contribution in [3.05, 3.63) is 65.3 Å². The maximum atomic E-state index is 12.2. The molecule has 1 aliphatic heterocycles. The number of imide groups is 1. The van der Waals surface area contributed by atoms with Crippen LogP contribution < -0.4 is 0 Å². The number of thioether (sulfide) groups is 1. The monoisotopic (exact) mass is 353 g/mol. The van der Waals surface area contributed by atoms with Crippen molar-refractivity contribution in [3.8, 4) is 11.3 Å². The van der Waals surface area contributed by atoms with Crippen LogP contribution in [0.15, 0.2) is 58.4 Å². The molecule has 0 atom stereocenters. The highest BCUT2D eigenvalue weighted by molar-refractivity contribution is 8.18. The Balaban J connectivity index is 1.82. The third-order valence-corrected chi connectivity index (χ3v) is 4.57. The van der Waals surface area contributed by atoms with Crippen molar-refractivity contribution in [2.75, 3.05) is 6.54 Å². The average molecular weight is 353 g/mol. The van der Waals surface area contributed by atoms with E-state index < -0.39 is 0 Å². The Hall–Kier alpha value is -2.86. The predicted octanol–water partition coefficient (Wildman–Crippen LogP) is 4.37. The number of carbonyl (C=O) groups excluding carboxylic acids is 3. The van der Waals surface area contributed by atoms with Crippen LogP contribution in [-0.4, -0.2) is 28.4 Å². The number of nitrogens with zero attached hydrogens (tertiary/aromatic N) is 1. The molecule has 1 saturated heterocycles. The van der Waals surface area contributed by atoms with Gasteiger partial charge in [-0.15, -0.1) is 6.58 Å². The van der Waals surface area contributed by atoms with E-state index in [2.05, 4.69) is 6.58 Å². The van der Waals surface area contributed by atoms with Gasteiger partial charge in [0.15, 0.2) is 5.78 Å². The molecule has 5 nitrogen and oxygen atoms in total. The number of ketones is 1. The van der Waals surface area contributed by atoms with E-state index in [0.717, 1.165) is 22.2 Å². The van der Waals surface area contributed by atoms with Gasteiger partial charge < -0.3 is 4.42 Å². The van der Waals surface area contributed by atoms with Crippen molar-refractivity contribution >= 4 is 34.8 Å². The summed E-state index contributed by atoms with van der Waals surface area (Å²) in [5.74, 6) is 0.752. The minimum absolute atomic E-state index is 0.00179. The summed E-state index contributed by atoms with van der Waals surface area (Å²) in [5.41, 5.74) is 1.45. The van der Waals surface area contributed by atoms with E-state index in [1.54, 1.807) is 42.5 Å². The maximum absolute atomic E-state index is 12.2. The summed E-state index contributed by atoms with van der Waals surface area (Å²) in [6.07, 6.45) is 3.07. The average Bonchev–Trinajstić information content (AvgIpc) is 3.16. The molecular formula is C19H15NO4S. The van der Waals surface area contributed by atoms with E-state index in [1.807, 2.05) is 0 Å². The zero-order chi connectivity index (χ0) is 18.0. The molecule has 126 valence electrons. The summed E-state index contributed by atoms with van der Waals surface area (Å²) in [6.45, 7) is 5.24. The zero-order valence-electron chi connectivity index (χ0n) is 13.5. The Labute approximate surface area is 149 Å². The summed E-state index contributed by atoms with van der Waals surface area (Å²) in [4.78, 5) is 36.8. The molecule has 0 aliphatic carbocycles. The molecule has 1 aliphatic rings. The molecule has 2 aromatic rings. The van der Waals surface area contributed by atoms with Gasteiger partial charge in [-0.1, -0.05) is 30.3 Å². The SMILES string of the molecule is C=CCN1C(=O)S/C(=C/c2ccc(-c3ccc(C(C)=O)cc3)o2)C1=O. The first kappa shape index (κ1) is 17.0. The van der Waals surface area contributed by atoms with Crippen molar-refractivity contribution in [2.45, 2.75) is 6.92 Å². The molecular weight excluding hydrogens is 338 g/mol. The largest absolute Gasteiger partial charge is 0.457 e. The number of furan rings is 1. The lowest BCUT2D eigenvalue weighted by molar-refractivity contribution is -0.122. The number of benzene rings is 1. The normalized spacial score (nSPS) is 15.9. The van der Waals surface area contributed by atoms with Crippen molar-refractivity contribution in [3.63, 3.8) is 0 Å². The van der Waals surface area contributed by atoms with E-state index in [4.69, 9.17) is 4.42 Å². The molecule has 2 heterocycles. The van der Waals surface area contributed by atoms with Gasteiger partial charge in [-0.3, -0.25) is 19.3 Å². The molecule has 1 aromatic carbocycles. The molecule has 25 heavy (non-hydrogen) atoms. The van der Waals surface area contributed by atoms with E-state index in [1.165, 1.54) is 13.0 Å². The van der Waals surface area contributed by atoms with Crippen molar-refractivity contribution < 1.29 is 18.8 Å². The summed E-state index contributed by atoms with van der Waals surface area (Å²) in [5, 5.41) is -0.317. The van der Waals surface area contributed by atoms with Crippen LogP contribution in [0.4, 0.5) is 4.79 Å². The minimum Gasteiger partial charge on any atom is -0.457 e. The lowest BCUT2D eigenvalue weighted by Gasteiger charge is -2.07. The highest BCUT2D eigenvalue weighted by Crippen LogP contribution is 2.33. The fourth-order valence-electron chi connectivity index (χ4n) is 2.37. The summed E-state index contributed by atoms with van der Waals surface area (Å²) in [7, 11) is 0. The van der Waals surface area contributed by atoms with Crippen LogP contribution in [0.1, 0.15) is 23.0 Å².